The summed E-state index contributed by atoms with van der Waals surface area (Å²) in [5.74, 6) is -0.932. The molecule has 1 aliphatic heterocycles. The second-order valence-corrected chi connectivity index (χ2v) is 8.77. The summed E-state index contributed by atoms with van der Waals surface area (Å²) in [6.07, 6.45) is 3.12. The van der Waals surface area contributed by atoms with Crippen LogP contribution < -0.4 is 9.64 Å². The number of ether oxygens (including phenoxy) is 1. The quantitative estimate of drug-likeness (QED) is 0.548. The number of likely N-dealkylation sites (N-methyl/N-ethyl adjacent to an activating group) is 1. The normalized spacial score (nSPS) is 18.0. The first-order chi connectivity index (χ1) is 16.2. The molecular weight excluding hydrogens is 436 g/mol. The number of anilines is 1. The lowest BCUT2D eigenvalue weighted by Gasteiger charge is -2.42. The smallest absolute Gasteiger partial charge is 0.341 e. The first-order valence-electron chi connectivity index (χ1n) is 11.1. The number of aromatic nitrogens is 2. The van der Waals surface area contributed by atoms with Gasteiger partial charge in [0.1, 0.15) is 11.3 Å². The molecule has 4 rings (SSSR count). The van der Waals surface area contributed by atoms with E-state index in [0.29, 0.717) is 24.3 Å². The summed E-state index contributed by atoms with van der Waals surface area (Å²) < 4.78 is 5.11. The SMILES string of the molecule is Cc1ccc2nccc(N3CCC[C@@](O)(CN(C)C(=O)c4ccc(OCC(=O)O)cc4)C3)c2n1. The summed E-state index contributed by atoms with van der Waals surface area (Å²) in [4.78, 5) is 36.3. The number of hydrogen-bond acceptors (Lipinski definition) is 7. The molecule has 2 N–H and O–H groups in total. The molecule has 9 nitrogen and oxygen atoms in total. The van der Waals surface area contributed by atoms with Crippen LogP contribution in [0, 0.1) is 6.92 Å². The number of benzene rings is 1. The maximum absolute atomic E-state index is 12.9. The van der Waals surface area contributed by atoms with Crippen LogP contribution in [0.25, 0.3) is 11.0 Å². The van der Waals surface area contributed by atoms with E-state index in [1.54, 1.807) is 37.5 Å². The van der Waals surface area contributed by atoms with Crippen LogP contribution >= 0.6 is 0 Å². The zero-order valence-corrected chi connectivity index (χ0v) is 19.3. The summed E-state index contributed by atoms with van der Waals surface area (Å²) in [6, 6.07) is 12.1. The van der Waals surface area contributed by atoms with Crippen molar-refractivity contribution in [3.05, 3.63) is 59.9 Å². The van der Waals surface area contributed by atoms with Crippen molar-refractivity contribution in [1.29, 1.82) is 0 Å². The monoisotopic (exact) mass is 464 g/mol. The van der Waals surface area contributed by atoms with Crippen molar-refractivity contribution >= 4 is 28.6 Å². The molecule has 3 aromatic rings. The van der Waals surface area contributed by atoms with E-state index in [1.807, 2.05) is 25.1 Å². The highest BCUT2D eigenvalue weighted by atomic mass is 16.5. The Morgan fingerprint density at radius 1 is 1.18 bits per heavy atom. The van der Waals surface area contributed by atoms with Crippen LogP contribution in [0.2, 0.25) is 0 Å². The van der Waals surface area contributed by atoms with E-state index in [-0.39, 0.29) is 12.5 Å². The van der Waals surface area contributed by atoms with Crippen LogP contribution in [0.1, 0.15) is 28.9 Å². The Kier molecular flexibility index (Phi) is 6.65. The number of carbonyl (C=O) groups is 2. The molecule has 34 heavy (non-hydrogen) atoms. The molecule has 1 fully saturated rings. The van der Waals surface area contributed by atoms with Gasteiger partial charge in [-0.3, -0.25) is 9.78 Å². The van der Waals surface area contributed by atoms with Crippen LogP contribution in [-0.4, -0.2) is 75.8 Å². The number of pyridine rings is 2. The Morgan fingerprint density at radius 2 is 1.94 bits per heavy atom. The van der Waals surface area contributed by atoms with Crippen LogP contribution in [0.3, 0.4) is 0 Å². The maximum Gasteiger partial charge on any atom is 0.341 e. The lowest BCUT2D eigenvalue weighted by molar-refractivity contribution is -0.139. The van der Waals surface area contributed by atoms with Gasteiger partial charge >= 0.3 is 5.97 Å². The van der Waals surface area contributed by atoms with Gasteiger partial charge in [-0.15, -0.1) is 0 Å². The standard InChI is InChI=1S/C25H28N4O5/c1-17-4-9-20-23(27-17)21(10-12-26-20)29-13-3-11-25(33,16-29)15-28(2)24(32)18-5-7-19(8-6-18)34-14-22(30)31/h4-10,12,33H,3,11,13-16H2,1-2H3,(H,30,31)/t25-/m1/s1. The van der Waals surface area contributed by atoms with E-state index >= 15 is 0 Å². The molecule has 178 valence electrons. The Bertz CT molecular complexity index is 1200. The number of piperidine rings is 1. The molecule has 2 aromatic heterocycles. The topological polar surface area (TPSA) is 116 Å². The minimum Gasteiger partial charge on any atom is -0.482 e. The van der Waals surface area contributed by atoms with Crippen molar-refractivity contribution in [2.24, 2.45) is 0 Å². The minimum absolute atomic E-state index is 0.176. The first-order valence-corrected chi connectivity index (χ1v) is 11.1. The fourth-order valence-electron chi connectivity index (χ4n) is 4.38. The van der Waals surface area contributed by atoms with Crippen molar-refractivity contribution in [3.63, 3.8) is 0 Å². The van der Waals surface area contributed by atoms with Crippen molar-refractivity contribution in [1.82, 2.24) is 14.9 Å². The first kappa shape index (κ1) is 23.4. The number of carbonyl (C=O) groups excluding carboxylic acids is 1. The van der Waals surface area contributed by atoms with E-state index in [2.05, 4.69) is 14.9 Å². The number of carboxylic acids is 1. The summed E-state index contributed by atoms with van der Waals surface area (Å²) >= 11 is 0. The number of amides is 1. The summed E-state index contributed by atoms with van der Waals surface area (Å²) in [6.45, 7) is 2.83. The summed E-state index contributed by atoms with van der Waals surface area (Å²) in [7, 11) is 1.67. The Hall–Kier alpha value is -3.72. The predicted molar refractivity (Wildman–Crippen MR) is 127 cm³/mol. The number of rotatable bonds is 7. The Labute approximate surface area is 197 Å². The molecule has 1 saturated heterocycles. The second kappa shape index (κ2) is 9.64. The molecule has 1 aromatic carbocycles. The fraction of sp³-hybridized carbons (Fsp3) is 0.360. The lowest BCUT2D eigenvalue weighted by atomic mass is 9.91. The van der Waals surface area contributed by atoms with Crippen molar-refractivity contribution < 1.29 is 24.5 Å². The van der Waals surface area contributed by atoms with E-state index < -0.39 is 18.2 Å². The predicted octanol–water partition coefficient (Wildman–Crippen LogP) is 2.51. The molecule has 1 atom stereocenters. The van der Waals surface area contributed by atoms with Gasteiger partial charge in [0.2, 0.25) is 0 Å². The molecule has 9 heteroatoms. The maximum atomic E-state index is 12.9. The third kappa shape index (κ3) is 5.26. The highest BCUT2D eigenvalue weighted by molar-refractivity contribution is 5.94. The molecule has 0 bridgehead atoms. The van der Waals surface area contributed by atoms with Gasteiger partial charge in [-0.05, 0) is 62.2 Å². The molecule has 1 amide bonds. The van der Waals surface area contributed by atoms with Crippen LogP contribution in [0.15, 0.2) is 48.7 Å². The van der Waals surface area contributed by atoms with E-state index in [4.69, 9.17) is 9.84 Å². The zero-order valence-electron chi connectivity index (χ0n) is 19.3. The number of carboxylic acid groups (broad SMARTS) is 1. The highest BCUT2D eigenvalue weighted by Crippen LogP contribution is 2.30. The lowest BCUT2D eigenvalue weighted by Crippen LogP contribution is -2.54. The van der Waals surface area contributed by atoms with Crippen LogP contribution in [0.4, 0.5) is 5.69 Å². The second-order valence-electron chi connectivity index (χ2n) is 8.77. The molecule has 1 aliphatic rings. The van der Waals surface area contributed by atoms with E-state index in [9.17, 15) is 14.7 Å². The van der Waals surface area contributed by atoms with Gasteiger partial charge < -0.3 is 24.7 Å². The minimum atomic E-state index is -1.08. The van der Waals surface area contributed by atoms with Crippen LogP contribution in [-0.2, 0) is 4.79 Å². The van der Waals surface area contributed by atoms with Gasteiger partial charge in [-0.1, -0.05) is 0 Å². The van der Waals surface area contributed by atoms with Crippen molar-refractivity contribution in [3.8, 4) is 5.75 Å². The van der Waals surface area contributed by atoms with Gasteiger partial charge in [0.05, 0.1) is 23.3 Å². The third-order valence-electron chi connectivity index (χ3n) is 5.94. The zero-order chi connectivity index (χ0) is 24.3. The highest BCUT2D eigenvalue weighted by Gasteiger charge is 2.36. The average molecular weight is 465 g/mol. The third-order valence-corrected chi connectivity index (χ3v) is 5.94. The molecule has 0 radical (unpaired) electrons. The number of nitrogens with zero attached hydrogens (tertiary/aromatic N) is 4. The van der Waals surface area contributed by atoms with Gasteiger partial charge in [-0.2, -0.15) is 0 Å². The summed E-state index contributed by atoms with van der Waals surface area (Å²) in [5.41, 5.74) is 2.80. The molecule has 0 aliphatic carbocycles. The molecular formula is C25H28N4O5. The number of fused-ring (bicyclic) bond motifs is 1. The number of aryl methyl sites for hydroxylation is 1. The number of β-amino-alcohol motifs (C(OH)–C–C–N with tert-alkyl or cyclic N) is 1. The molecule has 3 heterocycles. The molecule has 0 saturated carbocycles. The van der Waals surface area contributed by atoms with E-state index in [0.717, 1.165) is 35.4 Å². The Balaban J connectivity index is 1.45. The van der Waals surface area contributed by atoms with Gasteiger partial charge in [0, 0.05) is 37.6 Å². The summed E-state index contributed by atoms with van der Waals surface area (Å²) in [5, 5.41) is 20.1. The average Bonchev–Trinajstić information content (AvgIpc) is 2.82. The van der Waals surface area contributed by atoms with Crippen LogP contribution in [0.5, 0.6) is 5.75 Å². The molecule has 0 spiro atoms. The number of aliphatic carboxylic acids is 1. The van der Waals surface area contributed by atoms with Crippen molar-refractivity contribution in [2.75, 3.05) is 38.2 Å². The largest absolute Gasteiger partial charge is 0.482 e. The van der Waals surface area contributed by atoms with E-state index in [1.165, 1.54) is 4.90 Å². The van der Waals surface area contributed by atoms with Gasteiger partial charge in [-0.25, -0.2) is 9.78 Å². The number of aliphatic hydroxyl groups is 1. The number of hydrogen-bond donors (Lipinski definition) is 2. The van der Waals surface area contributed by atoms with Gasteiger partial charge in [0.15, 0.2) is 6.61 Å². The molecule has 0 unspecified atom stereocenters. The fourth-order valence-corrected chi connectivity index (χ4v) is 4.38. The Morgan fingerprint density at radius 3 is 2.68 bits per heavy atom. The van der Waals surface area contributed by atoms with Gasteiger partial charge in [0.25, 0.3) is 5.91 Å². The van der Waals surface area contributed by atoms with Crippen molar-refractivity contribution in [2.45, 2.75) is 25.4 Å².